The highest BCUT2D eigenvalue weighted by Gasteiger charge is 2.20. The Morgan fingerprint density at radius 3 is 2.23 bits per heavy atom. The van der Waals surface area contributed by atoms with Crippen LogP contribution in [0.15, 0.2) is 24.3 Å². The van der Waals surface area contributed by atoms with E-state index >= 15 is 0 Å². The van der Waals surface area contributed by atoms with Gasteiger partial charge in [-0.05, 0) is 44.9 Å². The van der Waals surface area contributed by atoms with E-state index in [1.165, 1.54) is 16.8 Å². The fraction of sp³-hybridized carbons (Fsp3) is 0.444. The minimum absolute atomic E-state index is 0.854. The second kappa shape index (κ2) is 5.95. The number of benzene rings is 1. The molecule has 116 valence electrons. The van der Waals surface area contributed by atoms with Gasteiger partial charge < -0.3 is 9.80 Å². The van der Waals surface area contributed by atoms with Gasteiger partial charge in [0.25, 0.3) is 0 Å². The smallest absolute Gasteiger partial charge is 0.132 e. The van der Waals surface area contributed by atoms with Crippen molar-refractivity contribution in [1.29, 1.82) is 0 Å². The van der Waals surface area contributed by atoms with Crippen LogP contribution in [0.2, 0.25) is 0 Å². The van der Waals surface area contributed by atoms with Crippen molar-refractivity contribution in [3.05, 3.63) is 46.9 Å². The monoisotopic (exact) mass is 296 g/mol. The Balaban J connectivity index is 1.73. The van der Waals surface area contributed by atoms with Crippen LogP contribution in [-0.2, 0) is 0 Å². The second-order valence-electron chi connectivity index (χ2n) is 6.11. The van der Waals surface area contributed by atoms with E-state index in [9.17, 15) is 0 Å². The van der Waals surface area contributed by atoms with E-state index in [-0.39, 0.29) is 0 Å². The van der Waals surface area contributed by atoms with Crippen molar-refractivity contribution in [2.75, 3.05) is 36.0 Å². The van der Waals surface area contributed by atoms with Gasteiger partial charge in [0.1, 0.15) is 11.6 Å². The highest BCUT2D eigenvalue weighted by molar-refractivity contribution is 5.57. The zero-order chi connectivity index (χ0) is 15.7. The van der Waals surface area contributed by atoms with Crippen molar-refractivity contribution in [3.8, 4) is 0 Å². The van der Waals surface area contributed by atoms with Gasteiger partial charge in [0.2, 0.25) is 0 Å². The molecule has 4 heteroatoms. The molecule has 0 bridgehead atoms. The van der Waals surface area contributed by atoms with E-state index in [1.807, 2.05) is 13.8 Å². The Hall–Kier alpha value is -2.10. The minimum atomic E-state index is 0.854. The molecule has 1 aromatic heterocycles. The third-order valence-electron chi connectivity index (χ3n) is 4.47. The molecule has 1 aliphatic rings. The first-order chi connectivity index (χ1) is 10.5. The summed E-state index contributed by atoms with van der Waals surface area (Å²) in [4.78, 5) is 13.8. The highest BCUT2D eigenvalue weighted by atomic mass is 15.3. The van der Waals surface area contributed by atoms with Crippen molar-refractivity contribution < 1.29 is 0 Å². The molecule has 1 fully saturated rings. The van der Waals surface area contributed by atoms with Crippen molar-refractivity contribution in [1.82, 2.24) is 9.97 Å². The maximum absolute atomic E-state index is 4.58. The van der Waals surface area contributed by atoms with Crippen LogP contribution in [0, 0.1) is 27.7 Å². The van der Waals surface area contributed by atoms with Crippen LogP contribution in [0.1, 0.15) is 22.6 Å². The quantitative estimate of drug-likeness (QED) is 0.852. The summed E-state index contributed by atoms with van der Waals surface area (Å²) in [6, 6.07) is 8.65. The average molecular weight is 296 g/mol. The van der Waals surface area contributed by atoms with Gasteiger partial charge in [-0.15, -0.1) is 0 Å². The lowest BCUT2D eigenvalue weighted by Crippen LogP contribution is -2.47. The Bertz CT molecular complexity index is 653. The first kappa shape index (κ1) is 14.8. The normalized spacial score (nSPS) is 15.3. The van der Waals surface area contributed by atoms with Crippen LogP contribution in [-0.4, -0.2) is 36.1 Å². The molecule has 3 rings (SSSR count). The molecule has 0 saturated carbocycles. The van der Waals surface area contributed by atoms with Crippen molar-refractivity contribution in [2.24, 2.45) is 0 Å². The maximum atomic E-state index is 4.58. The first-order valence-electron chi connectivity index (χ1n) is 7.93. The lowest BCUT2D eigenvalue weighted by Gasteiger charge is -2.37. The lowest BCUT2D eigenvalue weighted by molar-refractivity contribution is 0.644. The summed E-state index contributed by atoms with van der Waals surface area (Å²) in [6.07, 6.45) is 0. The number of nitrogens with zero attached hydrogens (tertiary/aromatic N) is 4. The number of aromatic nitrogens is 2. The molecule has 0 radical (unpaired) electrons. The molecule has 0 amide bonds. The van der Waals surface area contributed by atoms with Crippen LogP contribution in [0.3, 0.4) is 0 Å². The molecular formula is C18H24N4. The molecule has 22 heavy (non-hydrogen) atoms. The van der Waals surface area contributed by atoms with Gasteiger partial charge in [-0.3, -0.25) is 0 Å². The standard InChI is InChI=1S/C18H24N4/c1-13-6-5-7-17(15(13)3)21-8-10-22(11-9-21)18-12-14(2)19-16(4)20-18/h5-7,12H,8-11H2,1-4H3. The van der Waals surface area contributed by atoms with Gasteiger partial charge in [0, 0.05) is 43.6 Å². The maximum Gasteiger partial charge on any atom is 0.132 e. The Morgan fingerprint density at radius 1 is 0.864 bits per heavy atom. The lowest BCUT2D eigenvalue weighted by atomic mass is 10.1. The molecule has 1 aliphatic heterocycles. The van der Waals surface area contributed by atoms with Gasteiger partial charge in [-0.2, -0.15) is 0 Å². The predicted octanol–water partition coefficient (Wildman–Crippen LogP) is 3.04. The molecule has 4 nitrogen and oxygen atoms in total. The fourth-order valence-corrected chi connectivity index (χ4v) is 3.11. The van der Waals surface area contributed by atoms with Crippen molar-refractivity contribution >= 4 is 11.5 Å². The summed E-state index contributed by atoms with van der Waals surface area (Å²) >= 11 is 0. The molecule has 2 aromatic rings. The van der Waals surface area contributed by atoms with E-state index < -0.39 is 0 Å². The Morgan fingerprint density at radius 2 is 1.55 bits per heavy atom. The minimum Gasteiger partial charge on any atom is -0.368 e. The highest BCUT2D eigenvalue weighted by Crippen LogP contribution is 2.25. The van der Waals surface area contributed by atoms with Crippen LogP contribution in [0.5, 0.6) is 0 Å². The summed E-state index contributed by atoms with van der Waals surface area (Å²) in [5, 5.41) is 0. The van der Waals surface area contributed by atoms with E-state index in [1.54, 1.807) is 0 Å². The number of hydrogen-bond donors (Lipinski definition) is 0. The summed E-state index contributed by atoms with van der Waals surface area (Å²) < 4.78 is 0. The zero-order valence-electron chi connectivity index (χ0n) is 13.9. The average Bonchev–Trinajstić information content (AvgIpc) is 2.49. The van der Waals surface area contributed by atoms with Crippen molar-refractivity contribution in [2.45, 2.75) is 27.7 Å². The van der Waals surface area contributed by atoms with E-state index in [4.69, 9.17) is 0 Å². The van der Waals surface area contributed by atoms with Gasteiger partial charge in [-0.1, -0.05) is 12.1 Å². The molecule has 1 saturated heterocycles. The number of piperazine rings is 1. The molecule has 0 aliphatic carbocycles. The molecule has 0 N–H and O–H groups in total. The van der Waals surface area contributed by atoms with Crippen LogP contribution < -0.4 is 9.80 Å². The summed E-state index contributed by atoms with van der Waals surface area (Å²) in [7, 11) is 0. The first-order valence-corrected chi connectivity index (χ1v) is 7.93. The van der Waals surface area contributed by atoms with E-state index in [0.717, 1.165) is 43.5 Å². The number of hydrogen-bond acceptors (Lipinski definition) is 4. The molecule has 0 spiro atoms. The largest absolute Gasteiger partial charge is 0.368 e. The predicted molar refractivity (Wildman–Crippen MR) is 91.8 cm³/mol. The molecule has 2 heterocycles. The summed E-state index contributed by atoms with van der Waals surface area (Å²) in [5.74, 6) is 1.91. The number of aryl methyl sites for hydroxylation is 3. The third-order valence-corrected chi connectivity index (χ3v) is 4.47. The number of rotatable bonds is 2. The van der Waals surface area contributed by atoms with Crippen LogP contribution in [0.25, 0.3) is 0 Å². The van der Waals surface area contributed by atoms with Crippen LogP contribution >= 0.6 is 0 Å². The van der Waals surface area contributed by atoms with Crippen molar-refractivity contribution in [3.63, 3.8) is 0 Å². The van der Waals surface area contributed by atoms with Gasteiger partial charge in [-0.25, -0.2) is 9.97 Å². The summed E-state index contributed by atoms with van der Waals surface area (Å²) in [5.41, 5.74) is 5.17. The van der Waals surface area contributed by atoms with Gasteiger partial charge >= 0.3 is 0 Å². The molecular weight excluding hydrogens is 272 g/mol. The molecule has 1 aromatic carbocycles. The number of anilines is 2. The van der Waals surface area contributed by atoms with E-state index in [2.05, 4.69) is 57.9 Å². The Kier molecular flexibility index (Phi) is 4.01. The summed E-state index contributed by atoms with van der Waals surface area (Å²) in [6.45, 7) is 12.5. The second-order valence-corrected chi connectivity index (χ2v) is 6.11. The Labute approximate surface area is 132 Å². The zero-order valence-corrected chi connectivity index (χ0v) is 13.9. The van der Waals surface area contributed by atoms with Gasteiger partial charge in [0.15, 0.2) is 0 Å². The molecule has 0 atom stereocenters. The van der Waals surface area contributed by atoms with Gasteiger partial charge in [0.05, 0.1) is 0 Å². The third kappa shape index (κ3) is 2.91. The molecule has 0 unspecified atom stereocenters. The van der Waals surface area contributed by atoms with Crippen LogP contribution in [0.4, 0.5) is 11.5 Å². The SMILES string of the molecule is Cc1cc(N2CCN(c3cccc(C)c3C)CC2)nc(C)n1. The topological polar surface area (TPSA) is 32.3 Å². The van der Waals surface area contributed by atoms with E-state index in [0.29, 0.717) is 0 Å². The fourth-order valence-electron chi connectivity index (χ4n) is 3.11.